The van der Waals surface area contributed by atoms with Crippen LogP contribution in [0.2, 0.25) is 5.02 Å². The van der Waals surface area contributed by atoms with Crippen LogP contribution < -0.4 is 4.74 Å². The van der Waals surface area contributed by atoms with E-state index in [0.29, 0.717) is 24.7 Å². The zero-order valence-electron chi connectivity index (χ0n) is 15.0. The lowest BCUT2D eigenvalue weighted by Gasteiger charge is -2.17. The van der Waals surface area contributed by atoms with Crippen LogP contribution in [0.5, 0.6) is 5.75 Å². The van der Waals surface area contributed by atoms with Crippen LogP contribution in [-0.4, -0.2) is 12.9 Å². The molecule has 2 nitrogen and oxygen atoms in total. The van der Waals surface area contributed by atoms with E-state index in [-0.39, 0.29) is 16.7 Å². The molecule has 3 aromatic carbocycles. The van der Waals surface area contributed by atoms with E-state index in [1.165, 1.54) is 6.07 Å². The van der Waals surface area contributed by atoms with Crippen molar-refractivity contribution in [2.45, 2.75) is 19.5 Å². The SMILES string of the molecule is O=Cc1ccc(OC(F)F)c(F)c1-c1c(CCc2ccccc2)ccc(F)c1Cl. The van der Waals surface area contributed by atoms with Gasteiger partial charge in [-0.15, -0.1) is 0 Å². The van der Waals surface area contributed by atoms with Gasteiger partial charge in [0.25, 0.3) is 0 Å². The van der Waals surface area contributed by atoms with Crippen molar-refractivity contribution in [1.82, 2.24) is 0 Å². The smallest absolute Gasteiger partial charge is 0.387 e. The highest BCUT2D eigenvalue weighted by molar-refractivity contribution is 6.34. The van der Waals surface area contributed by atoms with Gasteiger partial charge in [-0.3, -0.25) is 4.79 Å². The first-order valence-corrected chi connectivity index (χ1v) is 9.03. The highest BCUT2D eigenvalue weighted by Gasteiger charge is 2.24. The van der Waals surface area contributed by atoms with Gasteiger partial charge in [0.2, 0.25) is 0 Å². The molecule has 0 spiro atoms. The molecule has 0 fully saturated rings. The Bertz CT molecular complexity index is 1020. The summed E-state index contributed by atoms with van der Waals surface area (Å²) in [6.07, 6.45) is 1.25. The Morgan fingerprint density at radius 2 is 1.66 bits per heavy atom. The maximum Gasteiger partial charge on any atom is 0.387 e. The summed E-state index contributed by atoms with van der Waals surface area (Å²) in [6, 6.07) is 14.0. The molecule has 0 radical (unpaired) electrons. The molecule has 0 saturated heterocycles. The zero-order chi connectivity index (χ0) is 21.0. The summed E-state index contributed by atoms with van der Waals surface area (Å²) in [7, 11) is 0. The fraction of sp³-hybridized carbons (Fsp3) is 0.136. The van der Waals surface area contributed by atoms with Crippen LogP contribution in [0.4, 0.5) is 17.6 Å². The Hall–Kier alpha value is -2.86. The van der Waals surface area contributed by atoms with E-state index in [9.17, 15) is 18.0 Å². The van der Waals surface area contributed by atoms with Crippen molar-refractivity contribution in [3.63, 3.8) is 0 Å². The average Bonchev–Trinajstić information content (AvgIpc) is 2.71. The van der Waals surface area contributed by atoms with Crippen molar-refractivity contribution >= 4 is 17.9 Å². The summed E-state index contributed by atoms with van der Waals surface area (Å²) >= 11 is 6.13. The molecule has 0 atom stereocenters. The topological polar surface area (TPSA) is 26.3 Å². The lowest BCUT2D eigenvalue weighted by atomic mass is 9.91. The maximum atomic E-state index is 15.0. The minimum Gasteiger partial charge on any atom is -0.432 e. The molecule has 0 saturated carbocycles. The second kappa shape index (κ2) is 9.09. The Morgan fingerprint density at radius 3 is 2.31 bits per heavy atom. The van der Waals surface area contributed by atoms with E-state index >= 15 is 4.39 Å². The highest BCUT2D eigenvalue weighted by Crippen LogP contribution is 2.40. The number of carbonyl (C=O) groups is 1. The normalized spacial score (nSPS) is 11.0. The largest absolute Gasteiger partial charge is 0.432 e. The van der Waals surface area contributed by atoms with Crippen molar-refractivity contribution in [1.29, 1.82) is 0 Å². The number of ether oxygens (including phenoxy) is 1. The fourth-order valence-electron chi connectivity index (χ4n) is 3.10. The molecule has 0 aliphatic heterocycles. The van der Waals surface area contributed by atoms with Gasteiger partial charge in [-0.1, -0.05) is 48.0 Å². The van der Waals surface area contributed by atoms with E-state index in [1.807, 2.05) is 30.3 Å². The van der Waals surface area contributed by atoms with Crippen molar-refractivity contribution < 1.29 is 27.1 Å². The number of halogens is 5. The molecule has 3 rings (SSSR count). The minimum absolute atomic E-state index is 0.0538. The first-order chi connectivity index (χ1) is 13.9. The van der Waals surface area contributed by atoms with Crippen molar-refractivity contribution in [3.05, 3.63) is 87.9 Å². The standard InChI is InChI=1S/C22H15ClF4O2/c23-20-16(24)10-8-14(7-6-13-4-2-1-3-5-13)18(20)19-15(12-28)9-11-17(21(19)25)29-22(26)27/h1-5,8-12,22H,6-7H2. The van der Waals surface area contributed by atoms with Gasteiger partial charge < -0.3 is 4.74 Å². The Kier molecular flexibility index (Phi) is 6.54. The number of alkyl halides is 2. The van der Waals surface area contributed by atoms with Crippen LogP contribution in [0.15, 0.2) is 54.6 Å². The zero-order valence-corrected chi connectivity index (χ0v) is 15.7. The van der Waals surface area contributed by atoms with Gasteiger partial charge in [0.1, 0.15) is 5.82 Å². The quantitative estimate of drug-likeness (QED) is 0.321. The molecule has 0 aliphatic rings. The minimum atomic E-state index is -3.26. The number of hydrogen-bond donors (Lipinski definition) is 0. The van der Waals surface area contributed by atoms with Crippen molar-refractivity contribution in [2.24, 2.45) is 0 Å². The summed E-state index contributed by atoms with van der Waals surface area (Å²) in [5, 5.41) is -0.397. The lowest BCUT2D eigenvalue weighted by Crippen LogP contribution is -2.07. The predicted octanol–water partition coefficient (Wildman–Crippen LogP) is 6.48. The van der Waals surface area contributed by atoms with Crippen LogP contribution in [0, 0.1) is 11.6 Å². The number of hydrogen-bond acceptors (Lipinski definition) is 2. The Morgan fingerprint density at radius 1 is 0.931 bits per heavy atom. The molecule has 29 heavy (non-hydrogen) atoms. The van der Waals surface area contributed by atoms with E-state index < -0.39 is 29.0 Å². The van der Waals surface area contributed by atoms with Gasteiger partial charge >= 0.3 is 6.61 Å². The maximum absolute atomic E-state index is 15.0. The average molecular weight is 423 g/mol. The van der Waals surface area contributed by atoms with Crippen LogP contribution in [0.25, 0.3) is 11.1 Å². The summed E-state index contributed by atoms with van der Waals surface area (Å²) in [6.45, 7) is -3.26. The van der Waals surface area contributed by atoms with E-state index in [1.54, 1.807) is 0 Å². The molecule has 0 aliphatic carbocycles. The number of aryl methyl sites for hydroxylation is 2. The molecule has 0 amide bonds. The van der Waals surface area contributed by atoms with Gasteiger partial charge in [0, 0.05) is 16.7 Å². The highest BCUT2D eigenvalue weighted by atomic mass is 35.5. The summed E-state index contributed by atoms with van der Waals surface area (Å²) in [5.74, 6) is -2.78. The van der Waals surface area contributed by atoms with Gasteiger partial charge in [0.05, 0.1) is 5.02 Å². The Labute approximate surface area is 169 Å². The summed E-state index contributed by atoms with van der Waals surface area (Å²) in [5.41, 5.74) is 0.881. The summed E-state index contributed by atoms with van der Waals surface area (Å²) in [4.78, 5) is 11.5. The van der Waals surface area contributed by atoms with Crippen LogP contribution in [0.3, 0.4) is 0 Å². The van der Waals surface area contributed by atoms with Crippen LogP contribution in [-0.2, 0) is 12.8 Å². The molecular weight excluding hydrogens is 408 g/mol. The third-order valence-corrected chi connectivity index (χ3v) is 4.81. The molecule has 0 N–H and O–H groups in total. The Balaban J connectivity index is 2.14. The number of carbonyl (C=O) groups excluding carboxylic acids is 1. The molecule has 0 unspecified atom stereocenters. The van der Waals surface area contributed by atoms with E-state index in [4.69, 9.17) is 11.6 Å². The van der Waals surface area contributed by atoms with Crippen LogP contribution >= 0.6 is 11.6 Å². The van der Waals surface area contributed by atoms with Crippen molar-refractivity contribution in [3.8, 4) is 16.9 Å². The second-order valence-electron chi connectivity index (χ2n) is 6.22. The van der Waals surface area contributed by atoms with Gasteiger partial charge in [-0.05, 0) is 42.2 Å². The number of benzene rings is 3. The lowest BCUT2D eigenvalue weighted by molar-refractivity contribution is -0.0521. The first kappa shape index (κ1) is 20.9. The van der Waals surface area contributed by atoms with Gasteiger partial charge in [-0.2, -0.15) is 8.78 Å². The third-order valence-electron chi connectivity index (χ3n) is 4.44. The van der Waals surface area contributed by atoms with Gasteiger partial charge in [-0.25, -0.2) is 8.78 Å². The van der Waals surface area contributed by atoms with E-state index in [0.717, 1.165) is 23.8 Å². The molecule has 0 aromatic heterocycles. The third kappa shape index (κ3) is 4.59. The molecular formula is C22H15ClF4O2. The summed E-state index contributed by atoms with van der Waals surface area (Å²) < 4.78 is 58.6. The fourth-order valence-corrected chi connectivity index (χ4v) is 3.38. The number of rotatable bonds is 7. The second-order valence-corrected chi connectivity index (χ2v) is 6.60. The van der Waals surface area contributed by atoms with Gasteiger partial charge in [0.15, 0.2) is 17.9 Å². The van der Waals surface area contributed by atoms with Crippen LogP contribution in [0.1, 0.15) is 21.5 Å². The monoisotopic (exact) mass is 422 g/mol. The first-order valence-electron chi connectivity index (χ1n) is 8.66. The number of aldehydes is 1. The molecule has 0 bridgehead atoms. The molecule has 7 heteroatoms. The predicted molar refractivity (Wildman–Crippen MR) is 103 cm³/mol. The molecule has 150 valence electrons. The van der Waals surface area contributed by atoms with Crippen molar-refractivity contribution in [2.75, 3.05) is 0 Å². The molecule has 0 heterocycles. The van der Waals surface area contributed by atoms with E-state index in [2.05, 4.69) is 4.74 Å². The molecule has 3 aromatic rings.